The maximum Gasteiger partial charge on any atom is 0.223 e. The first-order chi connectivity index (χ1) is 13.7. The lowest BCUT2D eigenvalue weighted by Crippen LogP contribution is -2.49. The summed E-state index contributed by atoms with van der Waals surface area (Å²) in [4.78, 5) is 23.3. The predicted molar refractivity (Wildman–Crippen MR) is 112 cm³/mol. The number of piperidine rings is 2. The molecule has 0 atom stereocenters. The summed E-state index contributed by atoms with van der Waals surface area (Å²) in [6.45, 7) is 7.62. The highest BCUT2D eigenvalue weighted by atomic mass is 32.1. The molecule has 0 spiro atoms. The van der Waals surface area contributed by atoms with Crippen LogP contribution in [-0.4, -0.2) is 63.4 Å². The van der Waals surface area contributed by atoms with Crippen LogP contribution in [0.1, 0.15) is 49.9 Å². The van der Waals surface area contributed by atoms with Gasteiger partial charge in [-0.15, -0.1) is 11.3 Å². The van der Waals surface area contributed by atoms with Gasteiger partial charge in [-0.25, -0.2) is 4.98 Å². The Labute approximate surface area is 170 Å². The molecule has 1 amide bonds. The molecule has 2 aliphatic heterocycles. The number of aryl methyl sites for hydroxylation is 1. The zero-order chi connectivity index (χ0) is 19.1. The van der Waals surface area contributed by atoms with Crippen LogP contribution in [0.25, 0.3) is 4.96 Å². The largest absolute Gasteiger partial charge is 0.353 e. The van der Waals surface area contributed by atoms with E-state index in [1.807, 2.05) is 0 Å². The predicted octanol–water partition coefficient (Wildman–Crippen LogP) is 2.66. The molecule has 3 fully saturated rings. The van der Waals surface area contributed by atoms with E-state index in [2.05, 4.69) is 43.0 Å². The molecule has 5 rings (SSSR count). The highest BCUT2D eigenvalue weighted by Crippen LogP contribution is 2.27. The molecule has 2 aromatic heterocycles. The van der Waals surface area contributed by atoms with Crippen LogP contribution in [0.5, 0.6) is 0 Å². The quantitative estimate of drug-likeness (QED) is 0.837. The van der Waals surface area contributed by atoms with Crippen molar-refractivity contribution in [3.63, 3.8) is 0 Å². The summed E-state index contributed by atoms with van der Waals surface area (Å²) >= 11 is 1.71. The third-order valence-corrected chi connectivity index (χ3v) is 7.59. The first kappa shape index (κ1) is 18.6. The summed E-state index contributed by atoms with van der Waals surface area (Å²) < 4.78 is 2.25. The van der Waals surface area contributed by atoms with E-state index in [-0.39, 0.29) is 5.92 Å². The lowest BCUT2D eigenvalue weighted by atomic mass is 9.92. The minimum absolute atomic E-state index is 0.245. The van der Waals surface area contributed by atoms with Crippen molar-refractivity contribution < 1.29 is 4.79 Å². The van der Waals surface area contributed by atoms with E-state index in [0.717, 1.165) is 50.5 Å². The number of nitrogens with one attached hydrogen (secondary N) is 1. The number of hydrogen-bond donors (Lipinski definition) is 1. The maximum absolute atomic E-state index is 12.3. The van der Waals surface area contributed by atoms with E-state index in [0.29, 0.717) is 18.0 Å². The molecule has 6 nitrogen and oxygen atoms in total. The normalized spacial score (nSPS) is 23.5. The highest BCUT2D eigenvalue weighted by molar-refractivity contribution is 7.15. The Morgan fingerprint density at radius 1 is 1.14 bits per heavy atom. The number of hydrogen-bond acceptors (Lipinski definition) is 5. The van der Waals surface area contributed by atoms with Gasteiger partial charge in [0.25, 0.3) is 0 Å². The number of imidazole rings is 1. The van der Waals surface area contributed by atoms with E-state index in [1.165, 1.54) is 37.1 Å². The van der Waals surface area contributed by atoms with Crippen LogP contribution in [0.3, 0.4) is 0 Å². The molecule has 1 aliphatic carbocycles. The monoisotopic (exact) mass is 401 g/mol. The molecular formula is C21H31N5OS. The van der Waals surface area contributed by atoms with Crippen molar-refractivity contribution in [1.82, 2.24) is 24.5 Å². The van der Waals surface area contributed by atoms with E-state index >= 15 is 0 Å². The molecule has 28 heavy (non-hydrogen) atoms. The number of fused-ring (bicyclic) bond motifs is 1. The van der Waals surface area contributed by atoms with Gasteiger partial charge in [-0.3, -0.25) is 14.1 Å². The Morgan fingerprint density at radius 2 is 1.89 bits per heavy atom. The van der Waals surface area contributed by atoms with Gasteiger partial charge >= 0.3 is 0 Å². The van der Waals surface area contributed by atoms with Gasteiger partial charge in [-0.05, 0) is 58.5 Å². The number of carbonyl (C=O) groups excluding carboxylic acids is 1. The van der Waals surface area contributed by atoms with Gasteiger partial charge in [0, 0.05) is 49.2 Å². The molecule has 152 valence electrons. The topological polar surface area (TPSA) is 52.9 Å². The number of likely N-dealkylation sites (tertiary alicyclic amines) is 2. The van der Waals surface area contributed by atoms with Crippen molar-refractivity contribution in [2.24, 2.45) is 5.92 Å². The smallest absolute Gasteiger partial charge is 0.223 e. The third-order valence-electron chi connectivity index (χ3n) is 6.83. The fourth-order valence-electron chi connectivity index (χ4n) is 4.86. The van der Waals surface area contributed by atoms with Crippen molar-refractivity contribution >= 4 is 22.2 Å². The van der Waals surface area contributed by atoms with Gasteiger partial charge in [0.1, 0.15) is 0 Å². The molecule has 0 radical (unpaired) electrons. The molecule has 3 aliphatic rings. The summed E-state index contributed by atoms with van der Waals surface area (Å²) in [7, 11) is 0. The van der Waals surface area contributed by atoms with E-state index in [9.17, 15) is 4.79 Å². The highest BCUT2D eigenvalue weighted by Gasteiger charge is 2.33. The number of nitrogens with zero attached hydrogens (tertiary/aromatic N) is 4. The molecule has 1 saturated carbocycles. The average Bonchev–Trinajstić information content (AvgIpc) is 3.33. The van der Waals surface area contributed by atoms with Crippen LogP contribution < -0.4 is 5.32 Å². The lowest BCUT2D eigenvalue weighted by molar-refractivity contribution is -0.126. The second-order valence-electron chi connectivity index (χ2n) is 8.80. The fourth-order valence-corrected chi connectivity index (χ4v) is 5.64. The second kappa shape index (κ2) is 7.76. The summed E-state index contributed by atoms with van der Waals surface area (Å²) in [5.41, 5.74) is 2.51. The summed E-state index contributed by atoms with van der Waals surface area (Å²) in [5.74, 6) is 0.558. The summed E-state index contributed by atoms with van der Waals surface area (Å²) in [6.07, 6.45) is 9.05. The van der Waals surface area contributed by atoms with Gasteiger partial charge in [0.15, 0.2) is 4.96 Å². The molecule has 0 bridgehead atoms. The van der Waals surface area contributed by atoms with Crippen LogP contribution in [0, 0.1) is 12.8 Å². The Balaban J connectivity index is 1.10. The zero-order valence-corrected chi connectivity index (χ0v) is 17.6. The molecule has 2 aromatic rings. The SMILES string of the molecule is Cc1nc2sccn2c1CN1CCC(N2CCC(C(=O)NC3CC3)CC2)CC1. The molecule has 4 heterocycles. The number of thiazole rings is 1. The maximum atomic E-state index is 12.3. The Hall–Kier alpha value is -1.44. The van der Waals surface area contributed by atoms with Crippen LogP contribution in [0.15, 0.2) is 11.6 Å². The van der Waals surface area contributed by atoms with Gasteiger partial charge in [-0.1, -0.05) is 0 Å². The fraction of sp³-hybridized carbons (Fsp3) is 0.714. The van der Waals surface area contributed by atoms with Crippen LogP contribution in [0.4, 0.5) is 0 Å². The molecule has 0 unspecified atom stereocenters. The van der Waals surface area contributed by atoms with Crippen LogP contribution >= 0.6 is 11.3 Å². The number of rotatable bonds is 5. The van der Waals surface area contributed by atoms with Gasteiger partial charge < -0.3 is 10.2 Å². The average molecular weight is 402 g/mol. The van der Waals surface area contributed by atoms with E-state index < -0.39 is 0 Å². The van der Waals surface area contributed by atoms with Crippen LogP contribution in [-0.2, 0) is 11.3 Å². The van der Waals surface area contributed by atoms with Crippen molar-refractivity contribution in [2.75, 3.05) is 26.2 Å². The lowest BCUT2D eigenvalue weighted by Gasteiger charge is -2.41. The molecule has 7 heteroatoms. The zero-order valence-electron chi connectivity index (χ0n) is 16.8. The van der Waals surface area contributed by atoms with Gasteiger partial charge in [0.2, 0.25) is 5.91 Å². The van der Waals surface area contributed by atoms with E-state index in [4.69, 9.17) is 0 Å². The van der Waals surface area contributed by atoms with Crippen molar-refractivity contribution in [1.29, 1.82) is 0 Å². The first-order valence-corrected chi connectivity index (χ1v) is 11.7. The molecule has 2 saturated heterocycles. The minimum Gasteiger partial charge on any atom is -0.353 e. The Morgan fingerprint density at radius 3 is 2.61 bits per heavy atom. The Bertz CT molecular complexity index is 825. The molecule has 1 N–H and O–H groups in total. The van der Waals surface area contributed by atoms with Gasteiger partial charge in [-0.2, -0.15) is 0 Å². The molecular weight excluding hydrogens is 370 g/mol. The standard InChI is InChI=1S/C21H31N5OS/c1-15-19(26-12-13-28-21(26)22-15)14-24-8-6-18(7-9-24)25-10-4-16(5-11-25)20(27)23-17-2-3-17/h12-13,16-18H,2-11,14H2,1H3,(H,23,27). The summed E-state index contributed by atoms with van der Waals surface area (Å²) in [6, 6.07) is 1.18. The third kappa shape index (κ3) is 3.84. The Kier molecular flexibility index (Phi) is 5.15. The minimum atomic E-state index is 0.245. The summed E-state index contributed by atoms with van der Waals surface area (Å²) in [5, 5.41) is 5.31. The number of carbonyl (C=O) groups is 1. The van der Waals surface area contributed by atoms with Crippen molar-refractivity contribution in [3.05, 3.63) is 23.0 Å². The van der Waals surface area contributed by atoms with E-state index in [1.54, 1.807) is 11.3 Å². The second-order valence-corrected chi connectivity index (χ2v) is 9.67. The van der Waals surface area contributed by atoms with Crippen molar-refractivity contribution in [2.45, 2.75) is 64.1 Å². The van der Waals surface area contributed by atoms with Crippen LogP contribution in [0.2, 0.25) is 0 Å². The van der Waals surface area contributed by atoms with Crippen molar-refractivity contribution in [3.8, 4) is 0 Å². The number of amides is 1. The molecule has 0 aromatic carbocycles. The number of aromatic nitrogens is 2. The van der Waals surface area contributed by atoms with Gasteiger partial charge in [0.05, 0.1) is 11.4 Å². The first-order valence-electron chi connectivity index (χ1n) is 10.8.